The zero-order valence-corrected chi connectivity index (χ0v) is 12.6. The second kappa shape index (κ2) is 7.20. The summed E-state index contributed by atoms with van der Waals surface area (Å²) in [5, 5.41) is 0. The van der Waals surface area contributed by atoms with Crippen LogP contribution in [0.5, 0.6) is 0 Å². The Labute approximate surface area is 148 Å². The quantitative estimate of drug-likeness (QED) is 0.520. The zero-order valence-electron chi connectivity index (χ0n) is 10.8. The van der Waals surface area contributed by atoms with E-state index in [-0.39, 0.29) is 48.9 Å². The molecule has 2 N–H and O–H groups in total. The van der Waals surface area contributed by atoms with Crippen molar-refractivity contribution in [3.8, 4) is 0 Å². The fraction of sp³-hybridized carbons (Fsp3) is 1.00. The Balaban J connectivity index is 0. The van der Waals surface area contributed by atoms with Crippen molar-refractivity contribution in [1.29, 1.82) is 0 Å². The molecule has 0 fully saturated rings. The molecule has 10 heteroatoms. The Hall–Kier alpha value is 1.83. The maximum absolute atomic E-state index is 12.1. The fourth-order valence-corrected chi connectivity index (χ4v) is 3.54. The van der Waals surface area contributed by atoms with Gasteiger partial charge in [0, 0.05) is 0 Å². The maximum atomic E-state index is 12.1. The summed E-state index contributed by atoms with van der Waals surface area (Å²) < 4.78 is 37.0. The van der Waals surface area contributed by atoms with Crippen LogP contribution in [-0.2, 0) is 22.5 Å². The van der Waals surface area contributed by atoms with Gasteiger partial charge in [0.15, 0.2) is 0 Å². The molecular formula is C8H22BaO7P2. The number of hydrogen-bond donors (Lipinski definition) is 2. The molecule has 0 aromatic heterocycles. The van der Waals surface area contributed by atoms with Gasteiger partial charge in [-0.25, -0.2) is 9.13 Å². The molecular weight excluding hydrogens is 407 g/mol. The van der Waals surface area contributed by atoms with Gasteiger partial charge in [-0.15, -0.1) is 0 Å². The van der Waals surface area contributed by atoms with E-state index in [0.717, 1.165) is 0 Å². The second-order valence-corrected chi connectivity index (χ2v) is 8.32. The second-order valence-electron chi connectivity index (χ2n) is 5.43. The van der Waals surface area contributed by atoms with Gasteiger partial charge < -0.3 is 9.79 Å². The van der Waals surface area contributed by atoms with E-state index < -0.39 is 26.8 Å². The topological polar surface area (TPSA) is 102 Å². The summed E-state index contributed by atoms with van der Waals surface area (Å²) in [5.74, 6) is 0. The first kappa shape index (κ1) is 22.1. The molecule has 0 aliphatic rings. The van der Waals surface area contributed by atoms with Crippen LogP contribution in [-0.4, -0.2) is 69.9 Å². The molecule has 0 spiro atoms. The van der Waals surface area contributed by atoms with Crippen LogP contribution in [0.25, 0.3) is 0 Å². The van der Waals surface area contributed by atoms with Crippen LogP contribution in [0.3, 0.4) is 0 Å². The first-order valence-corrected chi connectivity index (χ1v) is 7.89. The molecule has 0 aliphatic heterocycles. The number of phosphoric acid groups is 2. The third-order valence-electron chi connectivity index (χ3n) is 0.978. The minimum absolute atomic E-state index is 0. The minimum atomic E-state index is -4.97. The Morgan fingerprint density at radius 1 is 0.833 bits per heavy atom. The van der Waals surface area contributed by atoms with Crippen molar-refractivity contribution in [2.45, 2.75) is 52.7 Å². The normalized spacial score (nSPS) is 14.2. The average molecular weight is 430 g/mol. The van der Waals surface area contributed by atoms with Crippen molar-refractivity contribution < 1.29 is 32.3 Å². The van der Waals surface area contributed by atoms with Gasteiger partial charge in [0.05, 0.1) is 11.2 Å². The third kappa shape index (κ3) is 12.8. The fourth-order valence-electron chi connectivity index (χ4n) is 0.853. The van der Waals surface area contributed by atoms with E-state index in [1.165, 1.54) is 0 Å². The summed E-state index contributed by atoms with van der Waals surface area (Å²) in [7, 11) is -9.32. The molecule has 0 atom stereocenters. The van der Waals surface area contributed by atoms with Crippen molar-refractivity contribution in [2.75, 3.05) is 0 Å². The Morgan fingerprint density at radius 3 is 1.28 bits per heavy atom. The number of rotatable bonds is 4. The van der Waals surface area contributed by atoms with Crippen LogP contribution in [0.1, 0.15) is 41.5 Å². The molecule has 0 radical (unpaired) electrons. The molecule has 0 rings (SSSR count). The number of hydrogen-bond acceptors (Lipinski definition) is 5. The van der Waals surface area contributed by atoms with Gasteiger partial charge >= 0.3 is 64.5 Å². The molecule has 0 heterocycles. The van der Waals surface area contributed by atoms with Crippen molar-refractivity contribution in [3.63, 3.8) is 0 Å². The van der Waals surface area contributed by atoms with Crippen LogP contribution in [0.2, 0.25) is 0 Å². The van der Waals surface area contributed by atoms with Crippen LogP contribution in [0.4, 0.5) is 0 Å². The first-order chi connectivity index (χ1) is 7.12. The monoisotopic (exact) mass is 430 g/mol. The summed E-state index contributed by atoms with van der Waals surface area (Å²) >= 11 is 0. The average Bonchev–Trinajstić information content (AvgIpc) is 1.65. The molecule has 0 amide bonds. The van der Waals surface area contributed by atoms with Crippen molar-refractivity contribution in [3.05, 3.63) is 0 Å². The van der Waals surface area contributed by atoms with Gasteiger partial charge in [0.25, 0.3) is 0 Å². The van der Waals surface area contributed by atoms with E-state index in [1.807, 2.05) is 0 Å². The molecule has 0 aliphatic carbocycles. The molecule has 0 aromatic rings. The first-order valence-electron chi connectivity index (χ1n) is 4.90. The van der Waals surface area contributed by atoms with Gasteiger partial charge in [0.1, 0.15) is 0 Å². The summed E-state index contributed by atoms with van der Waals surface area (Å²) in [6.45, 7) is 9.39. The van der Waals surface area contributed by atoms with Gasteiger partial charge in [-0.3, -0.25) is 9.05 Å². The van der Waals surface area contributed by atoms with Crippen LogP contribution in [0.15, 0.2) is 0 Å². The summed E-state index contributed by atoms with van der Waals surface area (Å²) in [6, 6.07) is 0. The molecule has 0 unspecified atom stereocenters. The summed E-state index contributed by atoms with van der Waals surface area (Å²) in [5.41, 5.74) is -1.87. The Kier molecular flexibility index (Phi) is 8.85. The summed E-state index contributed by atoms with van der Waals surface area (Å²) in [4.78, 5) is 17.4. The van der Waals surface area contributed by atoms with Crippen molar-refractivity contribution in [1.82, 2.24) is 0 Å². The molecule has 18 heavy (non-hydrogen) atoms. The Morgan fingerprint density at radius 2 is 1.11 bits per heavy atom. The standard InChI is InChI=1S/C8H20O7P2.Ba.2H/c1-7(2,3)13-17(12,14-8(4,5)6)15-16(9,10)11;;;/h1-6H3,(H2,9,10,11);;;. The van der Waals surface area contributed by atoms with Crippen LogP contribution >= 0.6 is 15.6 Å². The van der Waals surface area contributed by atoms with Gasteiger partial charge in [-0.05, 0) is 41.5 Å². The summed E-state index contributed by atoms with van der Waals surface area (Å²) in [6.07, 6.45) is 0. The van der Waals surface area contributed by atoms with Gasteiger partial charge in [0.2, 0.25) is 0 Å². The Bertz CT molecular complexity index is 331. The SMILES string of the molecule is CC(C)(C)OP(=O)(OC(C)(C)C)OP(=O)(O)O.[BaH2]. The van der Waals surface area contributed by atoms with E-state index in [4.69, 9.17) is 18.8 Å². The molecule has 0 bridgehead atoms. The van der Waals surface area contributed by atoms with E-state index in [1.54, 1.807) is 41.5 Å². The van der Waals surface area contributed by atoms with Crippen LogP contribution < -0.4 is 0 Å². The van der Waals surface area contributed by atoms with Gasteiger partial charge in [-0.1, -0.05) is 0 Å². The predicted octanol–water partition coefficient (Wildman–Crippen LogP) is 1.92. The van der Waals surface area contributed by atoms with E-state index in [2.05, 4.69) is 4.31 Å². The third-order valence-corrected chi connectivity index (χ3v) is 4.17. The van der Waals surface area contributed by atoms with Gasteiger partial charge in [-0.2, -0.15) is 4.31 Å². The van der Waals surface area contributed by atoms with E-state index in [0.29, 0.717) is 0 Å². The molecule has 108 valence electrons. The molecule has 0 saturated heterocycles. The number of phosphoric ester groups is 1. The molecule has 0 aromatic carbocycles. The van der Waals surface area contributed by atoms with E-state index in [9.17, 15) is 9.13 Å². The van der Waals surface area contributed by atoms with Crippen LogP contribution in [0, 0.1) is 0 Å². The predicted molar refractivity (Wildman–Crippen MR) is 71.0 cm³/mol. The van der Waals surface area contributed by atoms with E-state index >= 15 is 0 Å². The zero-order chi connectivity index (χ0) is 14.1. The van der Waals surface area contributed by atoms with Crippen molar-refractivity contribution >= 4 is 64.5 Å². The molecule has 7 nitrogen and oxygen atoms in total. The molecule has 0 saturated carbocycles. The van der Waals surface area contributed by atoms with Crippen molar-refractivity contribution in [2.24, 2.45) is 0 Å².